The Bertz CT molecular complexity index is 942. The van der Waals surface area contributed by atoms with Crippen LogP contribution in [0.1, 0.15) is 24.0 Å². The average molecular weight is 625 g/mol. The van der Waals surface area contributed by atoms with E-state index in [1.807, 2.05) is 24.3 Å². The van der Waals surface area contributed by atoms with Crippen LogP contribution in [0.4, 0.5) is 0 Å². The van der Waals surface area contributed by atoms with Gasteiger partial charge in [0.1, 0.15) is 11.5 Å². The first kappa shape index (κ1) is 34.2. The van der Waals surface area contributed by atoms with Crippen molar-refractivity contribution in [2.24, 2.45) is 0 Å². The van der Waals surface area contributed by atoms with Crippen LogP contribution in [0.3, 0.4) is 0 Å². The van der Waals surface area contributed by atoms with E-state index in [0.717, 1.165) is 37.8 Å². The van der Waals surface area contributed by atoms with Gasteiger partial charge in [0.05, 0.1) is 0 Å². The topological polar surface area (TPSA) is 77.4 Å². The lowest BCUT2D eigenvalue weighted by Crippen LogP contribution is -2.58. The maximum absolute atomic E-state index is 9.50. The maximum Gasteiger partial charge on any atom is 0.314 e. The summed E-state index contributed by atoms with van der Waals surface area (Å²) in [5.41, 5.74) is 2.48. The van der Waals surface area contributed by atoms with Gasteiger partial charge >= 0.3 is 25.7 Å². The summed E-state index contributed by atoms with van der Waals surface area (Å²) >= 11 is 0. The number of aromatic hydroxyl groups is 2. The van der Waals surface area contributed by atoms with E-state index < -0.39 is 42.3 Å². The van der Waals surface area contributed by atoms with Crippen molar-refractivity contribution in [1.82, 2.24) is 0 Å². The smallest absolute Gasteiger partial charge is 0.314 e. The van der Waals surface area contributed by atoms with Crippen molar-refractivity contribution >= 4 is 42.3 Å². The molecule has 0 aliphatic carbocycles. The molecule has 220 valence electrons. The molecule has 0 unspecified atom stereocenters. The van der Waals surface area contributed by atoms with Gasteiger partial charge in [0, 0.05) is 0 Å². The molecule has 0 bridgehead atoms. The Morgan fingerprint density at radius 1 is 0.462 bits per heavy atom. The zero-order valence-electron chi connectivity index (χ0n) is 25.9. The zero-order valence-corrected chi connectivity index (χ0v) is 30.9. The number of hydrogen-bond donors (Lipinski definition) is 2. The molecule has 0 aromatic heterocycles. The molecule has 0 atom stereocenters. The SMILES string of the molecule is C[Si](C)(CCCc1ccc(O)cc1)O[Si](C)(C)O[Si](C)(C)O[Si](C)(C)O[Si](C)(C)CCCc1ccc(O)cc1. The lowest BCUT2D eigenvalue weighted by Gasteiger charge is -2.42. The van der Waals surface area contributed by atoms with Gasteiger partial charge in [-0.25, -0.2) is 0 Å². The van der Waals surface area contributed by atoms with Crippen molar-refractivity contribution < 1.29 is 26.7 Å². The Morgan fingerprint density at radius 2 is 0.744 bits per heavy atom. The van der Waals surface area contributed by atoms with Gasteiger partial charge in [-0.15, -0.1) is 0 Å². The van der Waals surface area contributed by atoms with Crippen LogP contribution in [0.15, 0.2) is 48.5 Å². The summed E-state index contributed by atoms with van der Waals surface area (Å²) in [6.45, 7) is 22.0. The fraction of sp³-hybridized carbons (Fsp3) is 0.571. The molecule has 2 aromatic rings. The van der Waals surface area contributed by atoms with E-state index in [-0.39, 0.29) is 0 Å². The minimum Gasteiger partial charge on any atom is -0.508 e. The molecule has 6 nitrogen and oxygen atoms in total. The third kappa shape index (κ3) is 13.9. The maximum atomic E-state index is 9.50. The first-order valence-electron chi connectivity index (χ1n) is 14.1. The summed E-state index contributed by atoms with van der Waals surface area (Å²) in [6, 6.07) is 17.1. The number of phenolic OH excluding ortho intramolecular Hbond substituents is 2. The number of hydrogen-bond acceptors (Lipinski definition) is 6. The number of rotatable bonds is 16. The van der Waals surface area contributed by atoms with E-state index in [4.69, 9.17) is 16.5 Å². The third-order valence-corrected chi connectivity index (χ3v) is 25.7. The van der Waals surface area contributed by atoms with Crippen LogP contribution < -0.4 is 0 Å². The van der Waals surface area contributed by atoms with Crippen molar-refractivity contribution in [3.05, 3.63) is 59.7 Å². The summed E-state index contributed by atoms with van der Waals surface area (Å²) in [7, 11) is -11.1. The van der Waals surface area contributed by atoms with Crippen LogP contribution in [0.25, 0.3) is 0 Å². The van der Waals surface area contributed by atoms with Crippen LogP contribution in [-0.2, 0) is 29.3 Å². The van der Waals surface area contributed by atoms with Crippen LogP contribution in [-0.4, -0.2) is 52.5 Å². The molecule has 0 aliphatic heterocycles. The standard InChI is InChI=1S/C28H52O6Si5/c1-35(2,23-11-13-25-15-19-27(29)20-16-25)31-37(5,6)33-39(9,10)34-38(7,8)32-36(3,4)24-12-14-26-17-21-28(30)22-18-26/h15-22,29-30H,11-14,23-24H2,1-10H3. The van der Waals surface area contributed by atoms with E-state index in [1.54, 1.807) is 24.3 Å². The highest BCUT2D eigenvalue weighted by Crippen LogP contribution is 2.29. The van der Waals surface area contributed by atoms with Gasteiger partial charge in [0.15, 0.2) is 16.6 Å². The molecule has 0 radical (unpaired) electrons. The second kappa shape index (κ2) is 13.8. The molecule has 0 spiro atoms. The molecule has 0 heterocycles. The van der Waals surface area contributed by atoms with Crippen molar-refractivity contribution in [1.29, 1.82) is 0 Å². The molecule has 2 rings (SSSR count). The second-order valence-corrected chi connectivity index (χ2v) is 32.9. The van der Waals surface area contributed by atoms with Crippen molar-refractivity contribution in [2.75, 3.05) is 0 Å². The monoisotopic (exact) mass is 624 g/mol. The predicted molar refractivity (Wildman–Crippen MR) is 174 cm³/mol. The molecule has 0 aliphatic rings. The third-order valence-electron chi connectivity index (χ3n) is 6.39. The molecular formula is C28H52O6Si5. The van der Waals surface area contributed by atoms with Crippen LogP contribution in [0, 0.1) is 0 Å². The van der Waals surface area contributed by atoms with E-state index in [9.17, 15) is 10.2 Å². The van der Waals surface area contributed by atoms with Gasteiger partial charge in [-0.3, -0.25) is 0 Å². The zero-order chi connectivity index (χ0) is 29.5. The molecule has 0 saturated heterocycles. The number of phenols is 2. The highest BCUT2D eigenvalue weighted by atomic mass is 28.5. The molecule has 39 heavy (non-hydrogen) atoms. The van der Waals surface area contributed by atoms with E-state index in [0.29, 0.717) is 11.5 Å². The summed E-state index contributed by atoms with van der Waals surface area (Å²) in [6.07, 6.45) is 4.09. The second-order valence-electron chi connectivity index (χ2n) is 13.2. The number of benzene rings is 2. The lowest BCUT2D eigenvalue weighted by molar-refractivity contribution is 0.298. The minimum absolute atomic E-state index is 0.309. The Kier molecular flexibility index (Phi) is 12.0. The van der Waals surface area contributed by atoms with E-state index >= 15 is 0 Å². The quantitative estimate of drug-likeness (QED) is 0.183. The molecule has 2 N–H and O–H groups in total. The summed E-state index contributed by atoms with van der Waals surface area (Å²) in [4.78, 5) is 0. The minimum atomic E-state index is -2.48. The highest BCUT2D eigenvalue weighted by Gasteiger charge is 2.45. The molecule has 11 heteroatoms. The average Bonchev–Trinajstić information content (AvgIpc) is 2.73. The molecule has 0 fully saturated rings. The summed E-state index contributed by atoms with van der Waals surface area (Å²) in [5, 5.41) is 19.0. The Hall–Kier alpha value is -1.04. The molecule has 0 saturated carbocycles. The van der Waals surface area contributed by atoms with Gasteiger partial charge < -0.3 is 26.7 Å². The van der Waals surface area contributed by atoms with Crippen molar-refractivity contribution in [3.63, 3.8) is 0 Å². The first-order chi connectivity index (χ1) is 17.8. The molecule has 0 amide bonds. The predicted octanol–water partition coefficient (Wildman–Crippen LogP) is 8.25. The van der Waals surface area contributed by atoms with Crippen LogP contribution in [0.5, 0.6) is 11.5 Å². The highest BCUT2D eigenvalue weighted by molar-refractivity contribution is 6.90. The molecular weight excluding hydrogens is 573 g/mol. The normalized spacial score (nSPS) is 13.6. The lowest BCUT2D eigenvalue weighted by atomic mass is 10.1. The van der Waals surface area contributed by atoms with Crippen LogP contribution >= 0.6 is 0 Å². The van der Waals surface area contributed by atoms with Crippen LogP contribution in [0.2, 0.25) is 77.6 Å². The van der Waals surface area contributed by atoms with Gasteiger partial charge in [-0.05, 0) is 139 Å². The van der Waals surface area contributed by atoms with Gasteiger partial charge in [0.2, 0.25) is 0 Å². The van der Waals surface area contributed by atoms with Gasteiger partial charge in [0.25, 0.3) is 0 Å². The summed E-state index contributed by atoms with van der Waals surface area (Å²) in [5.74, 6) is 0.618. The Balaban J connectivity index is 1.85. The first-order valence-corrected chi connectivity index (χ1v) is 28.8. The Morgan fingerprint density at radius 3 is 1.05 bits per heavy atom. The Labute approximate surface area is 242 Å². The fourth-order valence-corrected chi connectivity index (χ4v) is 30.1. The van der Waals surface area contributed by atoms with Crippen molar-refractivity contribution in [3.8, 4) is 11.5 Å². The molecule has 2 aromatic carbocycles. The van der Waals surface area contributed by atoms with Gasteiger partial charge in [-0.1, -0.05) is 24.3 Å². The van der Waals surface area contributed by atoms with E-state index in [2.05, 4.69) is 65.5 Å². The van der Waals surface area contributed by atoms with Crippen molar-refractivity contribution in [2.45, 2.75) is 103 Å². The summed E-state index contributed by atoms with van der Waals surface area (Å²) < 4.78 is 27.0. The number of aryl methyl sites for hydroxylation is 2. The van der Waals surface area contributed by atoms with Gasteiger partial charge in [-0.2, -0.15) is 0 Å². The van der Waals surface area contributed by atoms with E-state index in [1.165, 1.54) is 11.1 Å². The largest absolute Gasteiger partial charge is 0.508 e. The fourth-order valence-electron chi connectivity index (χ4n) is 5.44.